The number of aliphatic carboxylic acids is 2. The number of rotatable bonds is 6. The summed E-state index contributed by atoms with van der Waals surface area (Å²) >= 11 is 0. The Morgan fingerprint density at radius 1 is 1.27 bits per heavy atom. The van der Waals surface area contributed by atoms with Gasteiger partial charge in [0.25, 0.3) is 10.1 Å². The molecule has 0 amide bonds. The van der Waals surface area contributed by atoms with Crippen molar-refractivity contribution in [2.45, 2.75) is 18.3 Å². The third-order valence-electron chi connectivity index (χ3n) is 1.43. The van der Waals surface area contributed by atoms with Crippen LogP contribution in [0.3, 0.4) is 0 Å². The topological polar surface area (TPSA) is 138 Å². The molecule has 0 rings (SSSR count). The van der Waals surface area contributed by atoms with Gasteiger partial charge in [-0.2, -0.15) is 8.42 Å². The molecule has 0 aliphatic carbocycles. The van der Waals surface area contributed by atoms with Gasteiger partial charge >= 0.3 is 11.9 Å². The third-order valence-corrected chi connectivity index (χ3v) is 2.52. The first-order valence-electron chi connectivity index (χ1n) is 3.75. The van der Waals surface area contributed by atoms with Crippen molar-refractivity contribution in [3.63, 3.8) is 0 Å². The maximum absolute atomic E-state index is 10.6. The van der Waals surface area contributed by atoms with E-state index in [4.69, 9.17) is 14.8 Å². The Hall–Kier alpha value is -1.19. The monoisotopic (exact) mass is 242 g/mol. The van der Waals surface area contributed by atoms with Gasteiger partial charge in [0, 0.05) is 6.61 Å². The Kier molecular flexibility index (Phi) is 4.65. The largest absolute Gasteiger partial charge is 0.480 e. The molecule has 0 saturated heterocycles. The summed E-state index contributed by atoms with van der Waals surface area (Å²) in [5.41, 5.74) is 0. The number of hydrogen-bond acceptors (Lipinski definition) is 5. The lowest BCUT2D eigenvalue weighted by Crippen LogP contribution is -2.46. The predicted molar refractivity (Wildman–Crippen MR) is 46.0 cm³/mol. The minimum absolute atomic E-state index is 0.198. The number of carboxylic acid groups (broad SMARTS) is 2. The van der Waals surface area contributed by atoms with Crippen molar-refractivity contribution in [2.75, 3.05) is 6.61 Å². The Balaban J connectivity index is 5.20. The zero-order chi connectivity index (χ0) is 12.2. The van der Waals surface area contributed by atoms with Crippen LogP contribution >= 0.6 is 0 Å². The smallest absolute Gasteiger partial charge is 0.334 e. The number of carboxylic acids is 2. The normalized spacial score (nSPS) is 15.6. The van der Waals surface area contributed by atoms with Crippen molar-refractivity contribution in [3.05, 3.63) is 0 Å². The van der Waals surface area contributed by atoms with Crippen LogP contribution in [-0.4, -0.2) is 53.1 Å². The van der Waals surface area contributed by atoms with E-state index in [-0.39, 0.29) is 6.61 Å². The second kappa shape index (κ2) is 5.05. The van der Waals surface area contributed by atoms with E-state index in [9.17, 15) is 18.0 Å². The first-order valence-corrected chi connectivity index (χ1v) is 5.25. The van der Waals surface area contributed by atoms with Gasteiger partial charge in [0.1, 0.15) is 0 Å². The van der Waals surface area contributed by atoms with Crippen molar-refractivity contribution in [1.82, 2.24) is 0 Å². The lowest BCUT2D eigenvalue weighted by molar-refractivity contribution is -0.156. The van der Waals surface area contributed by atoms with Crippen LogP contribution in [0.15, 0.2) is 0 Å². The average Bonchev–Trinajstić information content (AvgIpc) is 1.99. The highest BCUT2D eigenvalue weighted by molar-refractivity contribution is 7.87. The fourth-order valence-corrected chi connectivity index (χ4v) is 1.64. The van der Waals surface area contributed by atoms with Gasteiger partial charge in [-0.05, 0) is 6.92 Å². The second-order valence-electron chi connectivity index (χ2n) is 2.49. The number of carbonyl (C=O) groups is 2. The van der Waals surface area contributed by atoms with Crippen LogP contribution in [0.2, 0.25) is 0 Å². The van der Waals surface area contributed by atoms with Gasteiger partial charge in [-0.1, -0.05) is 0 Å². The van der Waals surface area contributed by atoms with E-state index in [0.29, 0.717) is 0 Å². The van der Waals surface area contributed by atoms with E-state index in [1.165, 1.54) is 6.92 Å². The van der Waals surface area contributed by atoms with E-state index < -0.39 is 33.4 Å². The Morgan fingerprint density at radius 2 is 1.73 bits per heavy atom. The lowest BCUT2D eigenvalue weighted by atomic mass is 10.2. The highest BCUT2D eigenvalue weighted by atomic mass is 32.2. The van der Waals surface area contributed by atoms with Crippen LogP contribution in [0, 0.1) is 0 Å². The predicted octanol–water partition coefficient (Wildman–Crippen LogP) is -1.18. The molecule has 0 radical (unpaired) electrons. The van der Waals surface area contributed by atoms with Gasteiger partial charge in [0.05, 0.1) is 0 Å². The minimum Gasteiger partial charge on any atom is -0.480 e. The summed E-state index contributed by atoms with van der Waals surface area (Å²) < 4.78 is 34.2. The van der Waals surface area contributed by atoms with Crippen molar-refractivity contribution < 1.29 is 37.5 Å². The lowest BCUT2D eigenvalue weighted by Gasteiger charge is -2.17. The highest BCUT2D eigenvalue weighted by Crippen LogP contribution is 2.10. The molecule has 3 N–H and O–H groups in total. The van der Waals surface area contributed by atoms with Gasteiger partial charge in [-0.15, -0.1) is 0 Å². The third kappa shape index (κ3) is 3.81. The fraction of sp³-hybridized carbons (Fsp3) is 0.667. The highest BCUT2D eigenvalue weighted by Gasteiger charge is 2.43. The first-order chi connectivity index (χ1) is 6.71. The molecule has 0 aromatic carbocycles. The maximum atomic E-state index is 10.6. The molecular weight excluding hydrogens is 232 g/mol. The Morgan fingerprint density at radius 3 is 1.93 bits per heavy atom. The molecule has 0 spiro atoms. The summed E-state index contributed by atoms with van der Waals surface area (Å²) in [5.74, 6) is -3.76. The molecule has 0 saturated carbocycles. The van der Waals surface area contributed by atoms with Crippen molar-refractivity contribution in [1.29, 1.82) is 0 Å². The average molecular weight is 242 g/mol. The Bertz CT molecular complexity index is 344. The van der Waals surface area contributed by atoms with Crippen LogP contribution < -0.4 is 0 Å². The maximum Gasteiger partial charge on any atom is 0.334 e. The summed E-state index contributed by atoms with van der Waals surface area (Å²) in [6, 6.07) is 0. The van der Waals surface area contributed by atoms with Gasteiger partial charge in [0.15, 0.2) is 6.10 Å². The van der Waals surface area contributed by atoms with Crippen LogP contribution in [0.5, 0.6) is 0 Å². The van der Waals surface area contributed by atoms with E-state index in [2.05, 4.69) is 4.74 Å². The van der Waals surface area contributed by atoms with E-state index >= 15 is 0 Å². The molecule has 0 aliphatic heterocycles. The molecule has 8 nitrogen and oxygen atoms in total. The van der Waals surface area contributed by atoms with E-state index in [0.717, 1.165) is 0 Å². The van der Waals surface area contributed by atoms with E-state index in [1.807, 2.05) is 0 Å². The van der Waals surface area contributed by atoms with Crippen LogP contribution in [-0.2, 0) is 24.4 Å². The van der Waals surface area contributed by atoms with Crippen molar-refractivity contribution >= 4 is 22.1 Å². The molecule has 88 valence electrons. The Labute approximate surface area is 85.2 Å². The zero-order valence-corrected chi connectivity index (χ0v) is 8.47. The second-order valence-corrected chi connectivity index (χ2v) is 4.03. The molecule has 0 aromatic rings. The SMILES string of the molecule is CCOC(C(=O)O)C(C(=O)O)S(=O)(=O)O. The molecule has 0 fully saturated rings. The molecule has 9 heteroatoms. The number of hydrogen-bond donors (Lipinski definition) is 3. The van der Waals surface area contributed by atoms with Gasteiger partial charge in [-0.25, -0.2) is 4.79 Å². The van der Waals surface area contributed by atoms with Crippen LogP contribution in [0.25, 0.3) is 0 Å². The summed E-state index contributed by atoms with van der Waals surface area (Å²) in [5, 5.41) is 14.5. The van der Waals surface area contributed by atoms with Gasteiger partial charge < -0.3 is 14.9 Å². The van der Waals surface area contributed by atoms with Crippen LogP contribution in [0.4, 0.5) is 0 Å². The summed E-state index contributed by atoms with van der Waals surface area (Å²) in [6.07, 6.45) is -2.14. The minimum atomic E-state index is -5.04. The molecule has 15 heavy (non-hydrogen) atoms. The van der Waals surface area contributed by atoms with Gasteiger partial charge in [-0.3, -0.25) is 9.35 Å². The van der Waals surface area contributed by atoms with Gasteiger partial charge in [0.2, 0.25) is 5.25 Å². The standard InChI is InChI=1S/C6H10O8S/c1-2-14-3(5(7)8)4(6(9)10)15(11,12)13/h3-4H,2H2,1H3,(H,7,8)(H,9,10)(H,11,12,13). The molecule has 2 unspecified atom stereocenters. The zero-order valence-electron chi connectivity index (χ0n) is 7.65. The molecule has 0 aliphatic rings. The van der Waals surface area contributed by atoms with Crippen molar-refractivity contribution in [2.24, 2.45) is 0 Å². The summed E-state index contributed by atoms with van der Waals surface area (Å²) in [6.45, 7) is 1.16. The summed E-state index contributed by atoms with van der Waals surface area (Å²) in [4.78, 5) is 21.0. The molecule has 2 atom stereocenters. The fourth-order valence-electron chi connectivity index (χ4n) is 0.881. The first kappa shape index (κ1) is 13.8. The van der Waals surface area contributed by atoms with Crippen LogP contribution in [0.1, 0.15) is 6.92 Å². The number of ether oxygens (including phenoxy) is 1. The quantitative estimate of drug-likeness (QED) is 0.494. The molecule has 0 bridgehead atoms. The molecule has 0 heterocycles. The van der Waals surface area contributed by atoms with E-state index in [1.54, 1.807) is 0 Å². The summed E-state index contributed by atoms with van der Waals surface area (Å²) in [7, 11) is -5.04. The molecule has 0 aromatic heterocycles. The molecular formula is C6H10O8S. The van der Waals surface area contributed by atoms with Crippen molar-refractivity contribution in [3.8, 4) is 0 Å².